The van der Waals surface area contributed by atoms with E-state index in [0.29, 0.717) is 28.8 Å². The number of carbonyl (C=O) groups excluding carboxylic acids is 2. The second kappa shape index (κ2) is 8.11. The molecule has 0 saturated carbocycles. The van der Waals surface area contributed by atoms with Crippen molar-refractivity contribution in [2.75, 3.05) is 6.54 Å². The van der Waals surface area contributed by atoms with E-state index in [-0.39, 0.29) is 10.5 Å². The van der Waals surface area contributed by atoms with E-state index in [9.17, 15) is 24.3 Å². The quantitative estimate of drug-likeness (QED) is 0.568. The first-order valence-electron chi connectivity index (χ1n) is 9.21. The Kier molecular flexibility index (Phi) is 5.35. The molecule has 2 N–H and O–H groups in total. The first-order chi connectivity index (χ1) is 14.8. The number of imide groups is 1. The molecule has 2 heterocycles. The van der Waals surface area contributed by atoms with Gasteiger partial charge in [-0.15, -0.1) is 0 Å². The predicted octanol–water partition coefficient (Wildman–Crippen LogP) is 3.51. The van der Waals surface area contributed by atoms with Gasteiger partial charge in [-0.1, -0.05) is 30.3 Å². The van der Waals surface area contributed by atoms with Crippen molar-refractivity contribution in [3.8, 4) is 0 Å². The Hall–Kier alpha value is -3.85. The van der Waals surface area contributed by atoms with E-state index >= 15 is 0 Å². The molecule has 1 aliphatic rings. The van der Waals surface area contributed by atoms with Crippen LogP contribution in [-0.2, 0) is 16.1 Å². The van der Waals surface area contributed by atoms with Crippen LogP contribution in [-0.4, -0.2) is 49.3 Å². The molecule has 4 rings (SSSR count). The Morgan fingerprint density at radius 2 is 1.81 bits per heavy atom. The Balaban J connectivity index is 1.71. The summed E-state index contributed by atoms with van der Waals surface area (Å²) in [5.74, 6) is -2.90. The maximum Gasteiger partial charge on any atom is 0.335 e. The van der Waals surface area contributed by atoms with E-state index in [2.05, 4.69) is 0 Å². The minimum atomic E-state index is -1.26. The fourth-order valence-electron chi connectivity index (χ4n) is 3.43. The molecular formula is C22H16N2O6S. The van der Waals surface area contributed by atoms with E-state index < -0.39 is 29.6 Å². The van der Waals surface area contributed by atoms with Crippen molar-refractivity contribution in [3.63, 3.8) is 0 Å². The SMILES string of the molecule is O=C(O)CN1C(=O)S/C(=C/c2cn(Cc3cccc(C(=O)O)c3)c3ccccc23)C1=O. The second-order valence-electron chi connectivity index (χ2n) is 6.90. The van der Waals surface area contributed by atoms with Gasteiger partial charge in [-0.25, -0.2) is 4.79 Å². The smallest absolute Gasteiger partial charge is 0.335 e. The summed E-state index contributed by atoms with van der Waals surface area (Å²) in [6.45, 7) is -0.264. The minimum Gasteiger partial charge on any atom is -0.480 e. The van der Waals surface area contributed by atoms with Gasteiger partial charge >= 0.3 is 11.9 Å². The van der Waals surface area contributed by atoms with E-state index in [1.54, 1.807) is 18.2 Å². The highest BCUT2D eigenvalue weighted by atomic mass is 32.2. The van der Waals surface area contributed by atoms with Crippen molar-refractivity contribution in [1.29, 1.82) is 0 Å². The first-order valence-corrected chi connectivity index (χ1v) is 10.0. The molecule has 0 radical (unpaired) electrons. The van der Waals surface area contributed by atoms with Gasteiger partial charge in [-0.3, -0.25) is 19.3 Å². The lowest BCUT2D eigenvalue weighted by molar-refractivity contribution is -0.140. The molecule has 8 nitrogen and oxygen atoms in total. The van der Waals surface area contributed by atoms with E-state index in [1.807, 2.05) is 41.1 Å². The van der Waals surface area contributed by atoms with E-state index in [0.717, 1.165) is 16.5 Å². The fraction of sp³-hybridized carbons (Fsp3) is 0.0909. The molecule has 1 saturated heterocycles. The van der Waals surface area contributed by atoms with Gasteiger partial charge in [0.05, 0.1) is 10.5 Å². The van der Waals surface area contributed by atoms with E-state index in [4.69, 9.17) is 5.11 Å². The van der Waals surface area contributed by atoms with Crippen molar-refractivity contribution in [2.45, 2.75) is 6.54 Å². The number of carbonyl (C=O) groups is 4. The number of fused-ring (bicyclic) bond motifs is 1. The maximum atomic E-state index is 12.5. The second-order valence-corrected chi connectivity index (χ2v) is 7.89. The Labute approximate surface area is 180 Å². The Bertz CT molecular complexity index is 1280. The van der Waals surface area contributed by atoms with E-state index in [1.165, 1.54) is 6.07 Å². The lowest BCUT2D eigenvalue weighted by atomic mass is 10.1. The molecule has 0 atom stereocenters. The van der Waals surface area contributed by atoms with Gasteiger partial charge < -0.3 is 14.8 Å². The number of aliphatic carboxylic acids is 1. The number of hydrogen-bond acceptors (Lipinski definition) is 5. The van der Waals surface area contributed by atoms with Crippen LogP contribution in [0.1, 0.15) is 21.5 Å². The number of aromatic carboxylic acids is 1. The zero-order valence-corrected chi connectivity index (χ0v) is 16.8. The van der Waals surface area contributed by atoms with Gasteiger partial charge in [-0.2, -0.15) is 0 Å². The lowest BCUT2D eigenvalue weighted by Crippen LogP contribution is -2.33. The Morgan fingerprint density at radius 3 is 2.55 bits per heavy atom. The third kappa shape index (κ3) is 4.08. The van der Waals surface area contributed by atoms with Crippen molar-refractivity contribution in [2.24, 2.45) is 0 Å². The van der Waals surface area contributed by atoms with Gasteiger partial charge in [0, 0.05) is 29.2 Å². The molecule has 0 unspecified atom stereocenters. The molecule has 9 heteroatoms. The molecule has 0 bridgehead atoms. The molecule has 1 fully saturated rings. The highest BCUT2D eigenvalue weighted by Crippen LogP contribution is 2.34. The van der Waals surface area contributed by atoms with Crippen molar-refractivity contribution in [3.05, 3.63) is 76.3 Å². The molecule has 1 aromatic heterocycles. The van der Waals surface area contributed by atoms with Crippen LogP contribution in [0.5, 0.6) is 0 Å². The monoisotopic (exact) mass is 436 g/mol. The average molecular weight is 436 g/mol. The number of amides is 2. The number of para-hydroxylation sites is 1. The van der Waals surface area contributed by atoms with Crippen molar-refractivity contribution in [1.82, 2.24) is 9.47 Å². The van der Waals surface area contributed by atoms with Crippen LogP contribution < -0.4 is 0 Å². The third-order valence-corrected chi connectivity index (χ3v) is 5.71. The Morgan fingerprint density at radius 1 is 1.03 bits per heavy atom. The summed E-state index contributed by atoms with van der Waals surface area (Å²) in [5.41, 5.74) is 2.57. The molecule has 2 amide bonds. The number of carboxylic acids is 2. The topological polar surface area (TPSA) is 117 Å². The summed E-state index contributed by atoms with van der Waals surface area (Å²) in [5, 5.41) is 18.4. The van der Waals surface area contributed by atoms with Gasteiger partial charge in [-0.05, 0) is 41.6 Å². The molecule has 156 valence electrons. The standard InChI is InChI=1S/C22H16N2O6S/c25-19(26)12-24-20(27)18(31-22(24)30)9-15-11-23(17-7-2-1-6-16(15)17)10-13-4-3-5-14(8-13)21(28)29/h1-9,11H,10,12H2,(H,25,26)(H,28,29)/b18-9+. The molecule has 0 spiro atoms. The molecule has 2 aromatic carbocycles. The molecule has 3 aromatic rings. The summed E-state index contributed by atoms with van der Waals surface area (Å²) < 4.78 is 1.93. The summed E-state index contributed by atoms with van der Waals surface area (Å²) in [4.78, 5) is 47.5. The first kappa shape index (κ1) is 20.4. The molecule has 0 aliphatic carbocycles. The number of thioether (sulfide) groups is 1. The number of nitrogens with zero attached hydrogens (tertiary/aromatic N) is 2. The number of rotatable bonds is 6. The maximum absolute atomic E-state index is 12.5. The zero-order chi connectivity index (χ0) is 22.1. The highest BCUT2D eigenvalue weighted by Gasteiger charge is 2.36. The average Bonchev–Trinajstić information content (AvgIpc) is 3.20. The summed E-state index contributed by atoms with van der Waals surface area (Å²) >= 11 is 0.706. The zero-order valence-electron chi connectivity index (χ0n) is 16.0. The van der Waals surface area contributed by atoms with Crippen LogP contribution >= 0.6 is 11.8 Å². The molecule has 1 aliphatic heterocycles. The van der Waals surface area contributed by atoms with Crippen LogP contribution in [0.4, 0.5) is 4.79 Å². The van der Waals surface area contributed by atoms with Crippen LogP contribution in [0.25, 0.3) is 17.0 Å². The van der Waals surface area contributed by atoms with Crippen LogP contribution in [0.2, 0.25) is 0 Å². The van der Waals surface area contributed by atoms with Crippen LogP contribution in [0, 0.1) is 0 Å². The number of aromatic nitrogens is 1. The largest absolute Gasteiger partial charge is 0.480 e. The van der Waals surface area contributed by atoms with Gasteiger partial charge in [0.15, 0.2) is 0 Å². The lowest BCUT2D eigenvalue weighted by Gasteiger charge is -2.07. The normalized spacial score (nSPS) is 15.2. The third-order valence-electron chi connectivity index (χ3n) is 4.80. The van der Waals surface area contributed by atoms with Crippen LogP contribution in [0.15, 0.2) is 59.6 Å². The predicted molar refractivity (Wildman–Crippen MR) is 115 cm³/mol. The van der Waals surface area contributed by atoms with Crippen LogP contribution in [0.3, 0.4) is 0 Å². The molecule has 31 heavy (non-hydrogen) atoms. The van der Waals surface area contributed by atoms with Crippen molar-refractivity contribution >= 4 is 51.8 Å². The summed E-state index contributed by atoms with van der Waals surface area (Å²) in [6.07, 6.45) is 3.41. The fourth-order valence-corrected chi connectivity index (χ4v) is 4.26. The summed E-state index contributed by atoms with van der Waals surface area (Å²) in [6, 6.07) is 14.2. The minimum absolute atomic E-state index is 0.155. The van der Waals surface area contributed by atoms with Gasteiger partial charge in [0.25, 0.3) is 11.1 Å². The molecular weight excluding hydrogens is 420 g/mol. The number of benzene rings is 2. The number of carboxylic acid groups (broad SMARTS) is 2. The van der Waals surface area contributed by atoms with Crippen molar-refractivity contribution < 1.29 is 29.4 Å². The van der Waals surface area contributed by atoms with Gasteiger partial charge in [0.2, 0.25) is 0 Å². The number of hydrogen-bond donors (Lipinski definition) is 2. The summed E-state index contributed by atoms with van der Waals surface area (Å²) in [7, 11) is 0. The highest BCUT2D eigenvalue weighted by molar-refractivity contribution is 8.18. The van der Waals surface area contributed by atoms with Gasteiger partial charge in [0.1, 0.15) is 6.54 Å².